The fraction of sp³-hybridized carbons (Fsp3) is 0.231. The van der Waals surface area contributed by atoms with Crippen LogP contribution >= 0.6 is 0 Å². The number of aliphatic hydroxyl groups is 1. The van der Waals surface area contributed by atoms with Gasteiger partial charge in [-0.2, -0.15) is 0 Å². The van der Waals surface area contributed by atoms with Gasteiger partial charge in [0.05, 0.1) is 11.0 Å². The van der Waals surface area contributed by atoms with Crippen molar-refractivity contribution < 1.29 is 14.4 Å². The topological polar surface area (TPSA) is 103 Å². The Labute approximate surface area is 109 Å². The van der Waals surface area contributed by atoms with Crippen molar-refractivity contribution in [2.75, 3.05) is 6.61 Å². The van der Waals surface area contributed by atoms with Crippen LogP contribution in [0.1, 0.15) is 18.2 Å². The van der Waals surface area contributed by atoms with Crippen molar-refractivity contribution in [2.45, 2.75) is 12.5 Å². The van der Waals surface area contributed by atoms with Gasteiger partial charge in [-0.15, -0.1) is 0 Å². The first-order chi connectivity index (χ1) is 9.11. The predicted octanol–water partition coefficient (Wildman–Crippen LogP) is 2.24. The van der Waals surface area contributed by atoms with Gasteiger partial charge in [-0.25, -0.2) is 0 Å². The van der Waals surface area contributed by atoms with Crippen molar-refractivity contribution in [3.8, 4) is 11.3 Å². The average molecular weight is 262 g/mol. The summed E-state index contributed by atoms with van der Waals surface area (Å²) in [7, 11) is 0. The molecule has 1 heterocycles. The predicted molar refractivity (Wildman–Crippen MR) is 69.4 cm³/mol. The standard InChI is InChI=1S/C13H14N2O4/c14-11(6-7-16)13-5-4-12(19-13)9-2-1-3-10(8-9)15(17)18/h1-5,8,11,16H,6-7,14H2. The normalized spacial score (nSPS) is 12.3. The zero-order valence-electron chi connectivity index (χ0n) is 10.2. The maximum atomic E-state index is 10.7. The molecule has 0 aliphatic rings. The van der Waals surface area contributed by atoms with Gasteiger partial charge in [0.1, 0.15) is 11.5 Å². The summed E-state index contributed by atoms with van der Waals surface area (Å²) in [6.07, 6.45) is 0.405. The Bertz CT molecular complexity index is 580. The Kier molecular flexibility index (Phi) is 3.94. The molecular weight excluding hydrogens is 248 g/mol. The molecule has 2 aromatic rings. The van der Waals surface area contributed by atoms with E-state index in [1.165, 1.54) is 12.1 Å². The summed E-state index contributed by atoms with van der Waals surface area (Å²) < 4.78 is 5.56. The average Bonchev–Trinajstić information content (AvgIpc) is 2.89. The highest BCUT2D eigenvalue weighted by Crippen LogP contribution is 2.27. The second-order valence-electron chi connectivity index (χ2n) is 4.13. The highest BCUT2D eigenvalue weighted by molar-refractivity contribution is 5.61. The van der Waals surface area contributed by atoms with E-state index in [0.717, 1.165) is 0 Å². The summed E-state index contributed by atoms with van der Waals surface area (Å²) in [6.45, 7) is -0.0198. The number of nitrogens with two attached hydrogens (primary N) is 1. The molecule has 1 atom stereocenters. The molecule has 0 saturated heterocycles. The molecule has 0 saturated carbocycles. The number of nitrogens with zero attached hydrogens (tertiary/aromatic N) is 1. The first-order valence-electron chi connectivity index (χ1n) is 5.83. The molecule has 0 amide bonds. The van der Waals surface area contributed by atoms with Crippen LogP contribution in [0.3, 0.4) is 0 Å². The third kappa shape index (κ3) is 2.98. The second-order valence-corrected chi connectivity index (χ2v) is 4.13. The zero-order chi connectivity index (χ0) is 13.8. The molecule has 6 nitrogen and oxygen atoms in total. The van der Waals surface area contributed by atoms with Gasteiger partial charge < -0.3 is 15.3 Å². The lowest BCUT2D eigenvalue weighted by Gasteiger charge is -2.05. The number of furan rings is 1. The van der Waals surface area contributed by atoms with Crippen LogP contribution in [0.15, 0.2) is 40.8 Å². The third-order valence-corrected chi connectivity index (χ3v) is 2.77. The maximum Gasteiger partial charge on any atom is 0.270 e. The van der Waals surface area contributed by atoms with Crippen LogP contribution in [-0.4, -0.2) is 16.6 Å². The van der Waals surface area contributed by atoms with E-state index in [1.807, 2.05) is 0 Å². The molecule has 0 spiro atoms. The molecular formula is C13H14N2O4. The Balaban J connectivity index is 2.27. The highest BCUT2D eigenvalue weighted by atomic mass is 16.6. The summed E-state index contributed by atoms with van der Waals surface area (Å²) in [5, 5.41) is 19.5. The number of hydrogen-bond acceptors (Lipinski definition) is 5. The Morgan fingerprint density at radius 2 is 2.16 bits per heavy atom. The van der Waals surface area contributed by atoms with E-state index < -0.39 is 4.92 Å². The van der Waals surface area contributed by atoms with Crippen LogP contribution < -0.4 is 5.73 Å². The summed E-state index contributed by atoms with van der Waals surface area (Å²) in [5.74, 6) is 1.07. The van der Waals surface area contributed by atoms with E-state index in [9.17, 15) is 10.1 Å². The summed E-state index contributed by atoms with van der Waals surface area (Å²) >= 11 is 0. The van der Waals surface area contributed by atoms with E-state index >= 15 is 0 Å². The van der Waals surface area contributed by atoms with Crippen LogP contribution in [0.4, 0.5) is 5.69 Å². The van der Waals surface area contributed by atoms with Crippen LogP contribution in [0, 0.1) is 10.1 Å². The second kappa shape index (κ2) is 5.64. The monoisotopic (exact) mass is 262 g/mol. The zero-order valence-corrected chi connectivity index (χ0v) is 10.2. The van der Waals surface area contributed by atoms with Crippen LogP contribution in [-0.2, 0) is 0 Å². The number of benzene rings is 1. The molecule has 0 radical (unpaired) electrons. The Hall–Kier alpha value is -2.18. The Morgan fingerprint density at radius 3 is 2.84 bits per heavy atom. The van der Waals surface area contributed by atoms with Crippen LogP contribution in [0.5, 0.6) is 0 Å². The van der Waals surface area contributed by atoms with E-state index in [-0.39, 0.29) is 18.3 Å². The Morgan fingerprint density at radius 1 is 1.37 bits per heavy atom. The lowest BCUT2D eigenvalue weighted by molar-refractivity contribution is -0.384. The van der Waals surface area contributed by atoms with Crippen molar-refractivity contribution in [3.63, 3.8) is 0 Å². The molecule has 100 valence electrons. The van der Waals surface area contributed by atoms with Gasteiger partial charge in [0.25, 0.3) is 5.69 Å². The van der Waals surface area contributed by atoms with Gasteiger partial charge in [0.15, 0.2) is 0 Å². The van der Waals surface area contributed by atoms with E-state index in [1.54, 1.807) is 24.3 Å². The van der Waals surface area contributed by atoms with Crippen LogP contribution in [0.2, 0.25) is 0 Å². The van der Waals surface area contributed by atoms with Crippen molar-refractivity contribution in [1.29, 1.82) is 0 Å². The van der Waals surface area contributed by atoms with Crippen molar-refractivity contribution in [3.05, 3.63) is 52.3 Å². The summed E-state index contributed by atoms with van der Waals surface area (Å²) in [6, 6.07) is 9.25. The van der Waals surface area contributed by atoms with Gasteiger partial charge >= 0.3 is 0 Å². The lowest BCUT2D eigenvalue weighted by Crippen LogP contribution is -2.10. The SMILES string of the molecule is NC(CCO)c1ccc(-c2cccc([N+](=O)[O-])c2)o1. The fourth-order valence-corrected chi connectivity index (χ4v) is 1.76. The smallest absolute Gasteiger partial charge is 0.270 e. The van der Waals surface area contributed by atoms with Gasteiger partial charge in [-0.3, -0.25) is 10.1 Å². The molecule has 0 aliphatic carbocycles. The van der Waals surface area contributed by atoms with E-state index in [2.05, 4.69) is 0 Å². The minimum absolute atomic E-state index is 0.00936. The number of hydrogen-bond donors (Lipinski definition) is 2. The summed E-state index contributed by atoms with van der Waals surface area (Å²) in [4.78, 5) is 10.3. The fourth-order valence-electron chi connectivity index (χ4n) is 1.76. The van der Waals surface area contributed by atoms with Crippen molar-refractivity contribution in [2.24, 2.45) is 5.73 Å². The first-order valence-corrected chi connectivity index (χ1v) is 5.83. The molecule has 1 unspecified atom stereocenters. The van der Waals surface area contributed by atoms with E-state index in [0.29, 0.717) is 23.5 Å². The lowest BCUT2D eigenvalue weighted by atomic mass is 10.1. The number of nitro groups is 1. The number of nitro benzene ring substituents is 1. The van der Waals surface area contributed by atoms with Crippen LogP contribution in [0.25, 0.3) is 11.3 Å². The molecule has 0 bridgehead atoms. The maximum absolute atomic E-state index is 10.7. The van der Waals surface area contributed by atoms with Gasteiger partial charge in [-0.1, -0.05) is 12.1 Å². The first kappa shape index (κ1) is 13.3. The highest BCUT2D eigenvalue weighted by Gasteiger charge is 2.13. The molecule has 0 aliphatic heterocycles. The van der Waals surface area contributed by atoms with Gasteiger partial charge in [0, 0.05) is 24.3 Å². The molecule has 0 fully saturated rings. The summed E-state index contributed by atoms with van der Waals surface area (Å²) in [5.41, 5.74) is 6.44. The van der Waals surface area contributed by atoms with Crippen molar-refractivity contribution in [1.82, 2.24) is 0 Å². The number of rotatable bonds is 5. The van der Waals surface area contributed by atoms with Gasteiger partial charge in [0.2, 0.25) is 0 Å². The number of aliphatic hydroxyl groups excluding tert-OH is 1. The largest absolute Gasteiger partial charge is 0.459 e. The minimum Gasteiger partial charge on any atom is -0.459 e. The third-order valence-electron chi connectivity index (χ3n) is 2.77. The van der Waals surface area contributed by atoms with Crippen molar-refractivity contribution >= 4 is 5.69 Å². The molecule has 1 aromatic heterocycles. The molecule has 6 heteroatoms. The molecule has 2 rings (SSSR count). The van der Waals surface area contributed by atoms with E-state index in [4.69, 9.17) is 15.3 Å². The molecule has 19 heavy (non-hydrogen) atoms. The molecule has 1 aromatic carbocycles. The minimum atomic E-state index is -0.454. The van der Waals surface area contributed by atoms with Gasteiger partial charge in [-0.05, 0) is 18.6 Å². The quantitative estimate of drug-likeness (QED) is 0.635. The number of non-ortho nitro benzene ring substituents is 1. The molecule has 3 N–H and O–H groups in total.